The number of fused-ring (bicyclic) bond motifs is 1. The minimum Gasteiger partial charge on any atom is -0.356 e. The van der Waals surface area contributed by atoms with Gasteiger partial charge in [0.15, 0.2) is 5.96 Å². The van der Waals surface area contributed by atoms with Gasteiger partial charge in [-0.15, -0.1) is 0 Å². The number of guanidine groups is 1. The maximum Gasteiger partial charge on any atom is 0.253 e. The Morgan fingerprint density at radius 1 is 1.10 bits per heavy atom. The van der Waals surface area contributed by atoms with Crippen molar-refractivity contribution in [2.75, 3.05) is 27.7 Å². The van der Waals surface area contributed by atoms with Crippen LogP contribution in [0.3, 0.4) is 0 Å². The van der Waals surface area contributed by atoms with Gasteiger partial charge in [-0.3, -0.25) is 9.79 Å². The molecule has 0 radical (unpaired) electrons. The molecule has 0 atom stereocenters. The maximum atomic E-state index is 12.0. The van der Waals surface area contributed by atoms with Gasteiger partial charge in [0.1, 0.15) is 5.82 Å². The Balaban J connectivity index is 1.46. The molecule has 158 valence electrons. The van der Waals surface area contributed by atoms with Crippen molar-refractivity contribution in [3.8, 4) is 0 Å². The van der Waals surface area contributed by atoms with E-state index in [-0.39, 0.29) is 5.91 Å². The van der Waals surface area contributed by atoms with Crippen LogP contribution in [0.4, 0.5) is 0 Å². The van der Waals surface area contributed by atoms with E-state index in [4.69, 9.17) is 0 Å². The smallest absolute Gasteiger partial charge is 0.253 e. The molecule has 0 aliphatic carbocycles. The SMILES string of the molecule is CN=C(NCCCn1c(C)nc2ccccc21)NCc1ccc(C(=O)N(C)C)cc1. The van der Waals surface area contributed by atoms with E-state index < -0.39 is 0 Å². The van der Waals surface area contributed by atoms with Crippen LogP contribution < -0.4 is 10.6 Å². The number of carbonyl (C=O) groups excluding carboxylic acids is 1. The third kappa shape index (κ3) is 5.17. The average Bonchev–Trinajstić information content (AvgIpc) is 3.08. The number of aromatic nitrogens is 2. The summed E-state index contributed by atoms with van der Waals surface area (Å²) in [4.78, 5) is 22.4. The summed E-state index contributed by atoms with van der Waals surface area (Å²) in [6.45, 7) is 4.40. The molecule has 3 rings (SSSR count). The molecule has 7 heteroatoms. The molecule has 0 saturated heterocycles. The number of imidazole rings is 1. The molecule has 0 saturated carbocycles. The molecular formula is C23H30N6O. The van der Waals surface area contributed by atoms with Gasteiger partial charge in [-0.05, 0) is 43.2 Å². The topological polar surface area (TPSA) is 74.5 Å². The number of hydrogen-bond acceptors (Lipinski definition) is 3. The lowest BCUT2D eigenvalue weighted by molar-refractivity contribution is 0.0827. The van der Waals surface area contributed by atoms with Gasteiger partial charge in [0.2, 0.25) is 0 Å². The normalized spacial score (nSPS) is 11.5. The monoisotopic (exact) mass is 406 g/mol. The standard InChI is InChI=1S/C23H30N6O/c1-17-27-20-8-5-6-9-21(20)29(17)15-7-14-25-23(24-2)26-16-18-10-12-19(13-11-18)22(30)28(3)4/h5-6,8-13H,7,14-16H2,1-4H3,(H2,24,25,26). The Bertz CT molecular complexity index is 1020. The first-order valence-corrected chi connectivity index (χ1v) is 10.2. The average molecular weight is 407 g/mol. The Hall–Kier alpha value is -3.35. The van der Waals surface area contributed by atoms with Crippen LogP contribution in [0.1, 0.15) is 28.2 Å². The fraction of sp³-hybridized carbons (Fsp3) is 0.348. The van der Waals surface area contributed by atoms with Crippen molar-refractivity contribution < 1.29 is 4.79 Å². The number of benzene rings is 2. The van der Waals surface area contributed by atoms with Crippen molar-refractivity contribution in [1.82, 2.24) is 25.1 Å². The highest BCUT2D eigenvalue weighted by molar-refractivity contribution is 5.93. The van der Waals surface area contributed by atoms with E-state index in [1.165, 1.54) is 5.52 Å². The van der Waals surface area contributed by atoms with E-state index in [9.17, 15) is 4.79 Å². The first kappa shape index (κ1) is 21.4. The van der Waals surface area contributed by atoms with Gasteiger partial charge >= 0.3 is 0 Å². The van der Waals surface area contributed by atoms with Crippen molar-refractivity contribution in [3.63, 3.8) is 0 Å². The number of rotatable bonds is 7. The fourth-order valence-electron chi connectivity index (χ4n) is 3.35. The Morgan fingerprint density at radius 3 is 2.53 bits per heavy atom. The molecule has 0 fully saturated rings. The molecule has 1 heterocycles. The molecular weight excluding hydrogens is 376 g/mol. The first-order valence-electron chi connectivity index (χ1n) is 10.2. The lowest BCUT2D eigenvalue weighted by Crippen LogP contribution is -2.37. The third-order valence-electron chi connectivity index (χ3n) is 4.99. The number of carbonyl (C=O) groups is 1. The van der Waals surface area contributed by atoms with Gasteiger partial charge in [0.25, 0.3) is 5.91 Å². The van der Waals surface area contributed by atoms with Crippen LogP contribution in [0.15, 0.2) is 53.5 Å². The predicted molar refractivity (Wildman–Crippen MR) is 122 cm³/mol. The Kier molecular flexibility index (Phi) is 7.06. The summed E-state index contributed by atoms with van der Waals surface area (Å²) < 4.78 is 2.25. The molecule has 0 bridgehead atoms. The zero-order valence-corrected chi connectivity index (χ0v) is 18.1. The molecule has 0 spiro atoms. The molecule has 7 nitrogen and oxygen atoms in total. The minimum absolute atomic E-state index is 0.00731. The second-order valence-electron chi connectivity index (χ2n) is 7.40. The number of amides is 1. The predicted octanol–water partition coefficient (Wildman–Crippen LogP) is 2.80. The molecule has 3 aromatic rings. The first-order chi connectivity index (χ1) is 14.5. The molecule has 1 amide bonds. The Morgan fingerprint density at radius 2 is 1.83 bits per heavy atom. The van der Waals surface area contributed by atoms with Crippen LogP contribution in [-0.2, 0) is 13.1 Å². The highest BCUT2D eigenvalue weighted by atomic mass is 16.2. The summed E-state index contributed by atoms with van der Waals surface area (Å²) in [5.74, 6) is 1.80. The van der Waals surface area contributed by atoms with E-state index in [1.54, 1.807) is 26.0 Å². The van der Waals surface area contributed by atoms with Gasteiger partial charge in [0, 0.05) is 46.3 Å². The number of para-hydroxylation sites is 2. The molecule has 0 aliphatic rings. The largest absolute Gasteiger partial charge is 0.356 e. The number of nitrogens with one attached hydrogen (secondary N) is 2. The minimum atomic E-state index is 0.00731. The fourth-order valence-corrected chi connectivity index (χ4v) is 3.35. The van der Waals surface area contributed by atoms with E-state index in [0.29, 0.717) is 12.1 Å². The quantitative estimate of drug-likeness (QED) is 0.359. The molecule has 0 unspecified atom stereocenters. The zero-order chi connectivity index (χ0) is 21.5. The molecule has 0 aliphatic heterocycles. The number of aliphatic imine (C=N–C) groups is 1. The Labute approximate surface area is 177 Å². The van der Waals surface area contributed by atoms with Gasteiger partial charge in [-0.25, -0.2) is 4.98 Å². The summed E-state index contributed by atoms with van der Waals surface area (Å²) >= 11 is 0. The van der Waals surface area contributed by atoms with Crippen molar-refractivity contribution in [3.05, 3.63) is 65.5 Å². The van der Waals surface area contributed by atoms with Crippen LogP contribution in [0.25, 0.3) is 11.0 Å². The van der Waals surface area contributed by atoms with Gasteiger partial charge in [-0.1, -0.05) is 24.3 Å². The van der Waals surface area contributed by atoms with Gasteiger partial charge in [0.05, 0.1) is 11.0 Å². The summed E-state index contributed by atoms with van der Waals surface area (Å²) in [6.07, 6.45) is 0.962. The second-order valence-corrected chi connectivity index (χ2v) is 7.40. The van der Waals surface area contributed by atoms with Crippen molar-refractivity contribution in [1.29, 1.82) is 0 Å². The highest BCUT2D eigenvalue weighted by Gasteiger charge is 2.08. The molecule has 1 aromatic heterocycles. The lowest BCUT2D eigenvalue weighted by atomic mass is 10.1. The second kappa shape index (κ2) is 9.91. The van der Waals surface area contributed by atoms with Crippen molar-refractivity contribution in [2.45, 2.75) is 26.4 Å². The number of hydrogen-bond donors (Lipinski definition) is 2. The van der Waals surface area contributed by atoms with E-state index in [2.05, 4.69) is 31.2 Å². The molecule has 30 heavy (non-hydrogen) atoms. The summed E-state index contributed by atoms with van der Waals surface area (Å²) in [6, 6.07) is 15.9. The van der Waals surface area contributed by atoms with Crippen LogP contribution >= 0.6 is 0 Å². The highest BCUT2D eigenvalue weighted by Crippen LogP contribution is 2.15. The van der Waals surface area contributed by atoms with E-state index >= 15 is 0 Å². The van der Waals surface area contributed by atoms with Gasteiger partial charge in [-0.2, -0.15) is 0 Å². The summed E-state index contributed by atoms with van der Waals surface area (Å²) in [7, 11) is 5.27. The lowest BCUT2D eigenvalue weighted by Gasteiger charge is -2.13. The summed E-state index contributed by atoms with van der Waals surface area (Å²) in [5.41, 5.74) is 4.00. The van der Waals surface area contributed by atoms with Crippen molar-refractivity contribution in [2.24, 2.45) is 4.99 Å². The number of nitrogens with zero attached hydrogens (tertiary/aromatic N) is 4. The molecule has 2 aromatic carbocycles. The third-order valence-corrected chi connectivity index (χ3v) is 4.99. The number of aryl methyl sites for hydroxylation is 2. The van der Waals surface area contributed by atoms with Crippen LogP contribution in [0.5, 0.6) is 0 Å². The van der Waals surface area contributed by atoms with Crippen LogP contribution in [-0.4, -0.2) is 54.0 Å². The zero-order valence-electron chi connectivity index (χ0n) is 18.1. The summed E-state index contributed by atoms with van der Waals surface area (Å²) in [5, 5.41) is 6.67. The molecule has 2 N–H and O–H groups in total. The van der Waals surface area contributed by atoms with Gasteiger partial charge < -0.3 is 20.1 Å². The maximum absolute atomic E-state index is 12.0. The van der Waals surface area contributed by atoms with Crippen molar-refractivity contribution >= 4 is 22.9 Å². The van der Waals surface area contributed by atoms with E-state index in [0.717, 1.165) is 42.4 Å². The van der Waals surface area contributed by atoms with E-state index in [1.807, 2.05) is 49.4 Å². The van der Waals surface area contributed by atoms with Crippen LogP contribution in [0, 0.1) is 6.92 Å². The van der Waals surface area contributed by atoms with Crippen LogP contribution in [0.2, 0.25) is 0 Å².